The Kier molecular flexibility index (Phi) is 7.28. The molecular weight excluding hydrogens is 454 g/mol. The van der Waals surface area contributed by atoms with Crippen LogP contribution >= 0.6 is 0 Å². The zero-order valence-electron chi connectivity index (χ0n) is 21.2. The summed E-state index contributed by atoms with van der Waals surface area (Å²) in [6.45, 7) is 6.57. The zero-order chi connectivity index (χ0) is 25.1. The van der Waals surface area contributed by atoms with Gasteiger partial charge in [-0.1, -0.05) is 49.7 Å². The quantitative estimate of drug-likeness (QED) is 0.427. The maximum atomic E-state index is 13.8. The van der Waals surface area contributed by atoms with E-state index in [1.165, 1.54) is 0 Å². The summed E-state index contributed by atoms with van der Waals surface area (Å²) in [7, 11) is 0. The number of aromatic nitrogens is 1. The minimum absolute atomic E-state index is 0.0120. The van der Waals surface area contributed by atoms with Gasteiger partial charge in [-0.25, -0.2) is 0 Å². The first-order valence-corrected chi connectivity index (χ1v) is 13.1. The summed E-state index contributed by atoms with van der Waals surface area (Å²) in [5, 5.41) is 1.10. The van der Waals surface area contributed by atoms with Crippen molar-refractivity contribution < 1.29 is 19.1 Å². The molecule has 1 aromatic heterocycles. The van der Waals surface area contributed by atoms with Gasteiger partial charge in [0.1, 0.15) is 17.8 Å². The second-order valence-electron chi connectivity index (χ2n) is 9.54. The number of para-hydroxylation sites is 2. The summed E-state index contributed by atoms with van der Waals surface area (Å²) in [6.07, 6.45) is 3.36. The van der Waals surface area contributed by atoms with Crippen molar-refractivity contribution in [3.05, 3.63) is 65.4 Å². The summed E-state index contributed by atoms with van der Waals surface area (Å²) in [4.78, 5) is 34.6. The predicted octanol–water partition coefficient (Wildman–Crippen LogP) is 4.46. The minimum Gasteiger partial charge on any atom is -0.494 e. The Labute approximate surface area is 212 Å². The van der Waals surface area contributed by atoms with Gasteiger partial charge in [0, 0.05) is 48.3 Å². The normalized spacial score (nSPS) is 19.5. The molecular formula is C29H35N3O4. The molecule has 1 N–H and O–H groups in total. The van der Waals surface area contributed by atoms with Gasteiger partial charge in [0.05, 0.1) is 13.2 Å². The molecule has 1 saturated heterocycles. The van der Waals surface area contributed by atoms with E-state index in [-0.39, 0.29) is 18.4 Å². The Bertz CT molecular complexity index is 1240. The molecule has 2 aliphatic rings. The number of aromatic amines is 1. The number of rotatable bonds is 10. The number of benzene rings is 2. The number of piperazine rings is 1. The van der Waals surface area contributed by atoms with E-state index in [0.29, 0.717) is 26.2 Å². The number of carbonyl (C=O) groups is 2. The molecule has 190 valence electrons. The third-order valence-corrected chi connectivity index (χ3v) is 7.21. The maximum absolute atomic E-state index is 13.8. The van der Waals surface area contributed by atoms with Gasteiger partial charge in [-0.15, -0.1) is 0 Å². The highest BCUT2D eigenvalue weighted by Gasteiger charge is 2.48. The molecule has 3 aromatic rings. The summed E-state index contributed by atoms with van der Waals surface area (Å²) >= 11 is 0. The van der Waals surface area contributed by atoms with E-state index >= 15 is 0 Å². The lowest BCUT2D eigenvalue weighted by atomic mass is 9.86. The van der Waals surface area contributed by atoms with Crippen LogP contribution in [0.5, 0.6) is 5.75 Å². The first-order chi connectivity index (χ1) is 17.6. The number of amides is 2. The molecule has 0 saturated carbocycles. The molecule has 0 radical (unpaired) electrons. The molecule has 1 fully saturated rings. The molecule has 2 aromatic carbocycles. The fourth-order valence-electron chi connectivity index (χ4n) is 5.54. The Morgan fingerprint density at radius 1 is 1.00 bits per heavy atom. The molecule has 7 heteroatoms. The number of carbonyl (C=O) groups excluding carboxylic acids is 2. The summed E-state index contributed by atoms with van der Waals surface area (Å²) < 4.78 is 11.7. The Morgan fingerprint density at radius 2 is 1.78 bits per heavy atom. The van der Waals surface area contributed by atoms with Gasteiger partial charge in [0.15, 0.2) is 0 Å². The van der Waals surface area contributed by atoms with Crippen molar-refractivity contribution in [2.45, 2.75) is 51.6 Å². The molecule has 0 aliphatic carbocycles. The van der Waals surface area contributed by atoms with Gasteiger partial charge in [0.25, 0.3) is 0 Å². The number of nitrogens with zero attached hydrogens (tertiary/aromatic N) is 2. The van der Waals surface area contributed by atoms with Crippen LogP contribution in [0.1, 0.15) is 56.0 Å². The standard InChI is InChI=1S/C29H35N3O4/c1-3-5-16-35-17-10-15-31-19-26(33)32-24(29(31)34)18-22-20-11-6-8-13-23(20)30-27(22)28(32)21-12-7-9-14-25(21)36-4-2/h6-9,11-14,24,28,30H,3-5,10,15-19H2,1-2H3/t24-,28+/m0/s1. The van der Waals surface area contributed by atoms with Crippen LogP contribution in [0.25, 0.3) is 10.9 Å². The van der Waals surface area contributed by atoms with E-state index in [0.717, 1.165) is 59.3 Å². The molecule has 0 unspecified atom stereocenters. The first-order valence-electron chi connectivity index (χ1n) is 13.1. The van der Waals surface area contributed by atoms with Crippen molar-refractivity contribution in [1.82, 2.24) is 14.8 Å². The van der Waals surface area contributed by atoms with Crippen molar-refractivity contribution in [3.63, 3.8) is 0 Å². The van der Waals surface area contributed by atoms with Gasteiger partial charge in [-0.3, -0.25) is 9.59 Å². The van der Waals surface area contributed by atoms with Gasteiger partial charge in [-0.2, -0.15) is 0 Å². The molecule has 36 heavy (non-hydrogen) atoms. The van der Waals surface area contributed by atoms with Gasteiger partial charge < -0.3 is 24.3 Å². The topological polar surface area (TPSA) is 74.9 Å². The lowest BCUT2D eigenvalue weighted by molar-refractivity contribution is -0.158. The summed E-state index contributed by atoms with van der Waals surface area (Å²) in [6, 6.07) is 15.0. The Balaban J connectivity index is 1.50. The van der Waals surface area contributed by atoms with E-state index in [2.05, 4.69) is 18.0 Å². The number of unbranched alkanes of at least 4 members (excludes halogenated alkanes) is 1. The second kappa shape index (κ2) is 10.7. The molecule has 0 spiro atoms. The van der Waals surface area contributed by atoms with Crippen molar-refractivity contribution in [1.29, 1.82) is 0 Å². The van der Waals surface area contributed by atoms with E-state index in [1.807, 2.05) is 49.4 Å². The molecule has 7 nitrogen and oxygen atoms in total. The number of H-pyrrole nitrogens is 1. The average molecular weight is 490 g/mol. The maximum Gasteiger partial charge on any atom is 0.246 e. The van der Waals surface area contributed by atoms with Crippen LogP contribution in [0.15, 0.2) is 48.5 Å². The fourth-order valence-corrected chi connectivity index (χ4v) is 5.54. The third kappa shape index (κ3) is 4.48. The lowest BCUT2D eigenvalue weighted by Gasteiger charge is -2.47. The number of hydrogen-bond donors (Lipinski definition) is 1. The molecule has 2 aliphatic heterocycles. The van der Waals surface area contributed by atoms with E-state index in [1.54, 1.807) is 9.80 Å². The molecule has 5 rings (SSSR count). The summed E-state index contributed by atoms with van der Waals surface area (Å²) in [5.74, 6) is 0.715. The fraction of sp³-hybridized carbons (Fsp3) is 0.448. The molecule has 2 amide bonds. The number of nitrogens with one attached hydrogen (secondary N) is 1. The van der Waals surface area contributed by atoms with Crippen molar-refractivity contribution in [2.24, 2.45) is 0 Å². The highest BCUT2D eigenvalue weighted by Crippen LogP contribution is 2.44. The lowest BCUT2D eigenvalue weighted by Crippen LogP contribution is -2.63. The smallest absolute Gasteiger partial charge is 0.246 e. The van der Waals surface area contributed by atoms with Crippen LogP contribution in [0, 0.1) is 0 Å². The van der Waals surface area contributed by atoms with Gasteiger partial charge in [0.2, 0.25) is 11.8 Å². The zero-order valence-corrected chi connectivity index (χ0v) is 21.2. The van der Waals surface area contributed by atoms with Crippen LogP contribution in [0.3, 0.4) is 0 Å². The summed E-state index contributed by atoms with van der Waals surface area (Å²) in [5.41, 5.74) is 3.99. The van der Waals surface area contributed by atoms with Crippen LogP contribution in [-0.2, 0) is 20.7 Å². The monoisotopic (exact) mass is 489 g/mol. The number of fused-ring (bicyclic) bond motifs is 4. The van der Waals surface area contributed by atoms with Crippen LogP contribution in [0.4, 0.5) is 0 Å². The average Bonchev–Trinajstić information content (AvgIpc) is 3.27. The number of hydrogen-bond acceptors (Lipinski definition) is 4. The van der Waals surface area contributed by atoms with Crippen LogP contribution in [0.2, 0.25) is 0 Å². The SMILES string of the molecule is CCCCOCCCN1CC(=O)N2[C@H](c3ccccc3OCC)c3[nH]c4ccccc4c3C[C@H]2C1=O. The Morgan fingerprint density at radius 3 is 2.61 bits per heavy atom. The van der Waals surface area contributed by atoms with Crippen molar-refractivity contribution in [3.8, 4) is 5.75 Å². The molecule has 3 heterocycles. The Hall–Kier alpha value is -3.32. The predicted molar refractivity (Wildman–Crippen MR) is 139 cm³/mol. The van der Waals surface area contributed by atoms with Gasteiger partial charge in [-0.05, 0) is 37.5 Å². The largest absolute Gasteiger partial charge is 0.494 e. The molecule has 2 atom stereocenters. The van der Waals surface area contributed by atoms with E-state index in [4.69, 9.17) is 9.47 Å². The minimum atomic E-state index is -0.543. The van der Waals surface area contributed by atoms with E-state index < -0.39 is 12.1 Å². The highest BCUT2D eigenvalue weighted by atomic mass is 16.5. The van der Waals surface area contributed by atoms with Crippen LogP contribution in [-0.4, -0.2) is 65.6 Å². The van der Waals surface area contributed by atoms with Gasteiger partial charge >= 0.3 is 0 Å². The van der Waals surface area contributed by atoms with E-state index in [9.17, 15) is 9.59 Å². The van der Waals surface area contributed by atoms with Crippen molar-refractivity contribution in [2.75, 3.05) is 32.9 Å². The molecule has 0 bridgehead atoms. The highest BCUT2D eigenvalue weighted by molar-refractivity contribution is 5.97. The third-order valence-electron chi connectivity index (χ3n) is 7.21. The van der Waals surface area contributed by atoms with Crippen LogP contribution < -0.4 is 4.74 Å². The first kappa shape index (κ1) is 24.4. The number of ether oxygens (including phenoxy) is 2. The van der Waals surface area contributed by atoms with Crippen molar-refractivity contribution >= 4 is 22.7 Å². The second-order valence-corrected chi connectivity index (χ2v) is 9.54.